The molecule has 0 fully saturated rings. The van der Waals surface area contributed by atoms with Gasteiger partial charge < -0.3 is 4.74 Å². The van der Waals surface area contributed by atoms with Gasteiger partial charge in [0.05, 0.1) is 34.6 Å². The molecular formula is C24H26N4O3S. The molecule has 0 aliphatic carbocycles. The monoisotopic (exact) mass is 450 g/mol. The number of hydrogen-bond donors (Lipinski definition) is 0. The van der Waals surface area contributed by atoms with E-state index in [9.17, 15) is 9.59 Å². The van der Waals surface area contributed by atoms with Crippen molar-refractivity contribution in [3.05, 3.63) is 84.3 Å². The number of esters is 1. The van der Waals surface area contributed by atoms with Gasteiger partial charge in [-0.25, -0.2) is 9.79 Å². The quantitative estimate of drug-likeness (QED) is 0.560. The number of allylic oxidation sites excluding steroid dienone is 1. The second kappa shape index (κ2) is 8.70. The number of ether oxygens (including phenoxy) is 1. The SMILES string of the molecule is CCOC(=O)C1=C(C)N=c2s/c(=C/c3cnn(C)c3)c(=O)n2[C@@H]1c1ccc(C(C)C)cc1. The summed E-state index contributed by atoms with van der Waals surface area (Å²) in [5, 5.41) is 4.17. The lowest BCUT2D eigenvalue weighted by molar-refractivity contribution is -0.139. The van der Waals surface area contributed by atoms with Gasteiger partial charge in [-0.3, -0.25) is 14.0 Å². The Hall–Kier alpha value is -3.26. The van der Waals surface area contributed by atoms with Crippen LogP contribution in [0.3, 0.4) is 0 Å². The molecule has 0 spiro atoms. The Kier molecular flexibility index (Phi) is 5.97. The molecule has 3 heterocycles. The van der Waals surface area contributed by atoms with E-state index in [0.717, 1.165) is 11.1 Å². The average molecular weight is 451 g/mol. The zero-order valence-electron chi connectivity index (χ0n) is 18.8. The van der Waals surface area contributed by atoms with E-state index in [4.69, 9.17) is 4.74 Å². The average Bonchev–Trinajstić information content (AvgIpc) is 3.30. The van der Waals surface area contributed by atoms with Crippen molar-refractivity contribution < 1.29 is 9.53 Å². The fraction of sp³-hybridized carbons (Fsp3) is 0.333. The number of carbonyl (C=O) groups excluding carboxylic acids is 1. The number of carbonyl (C=O) groups is 1. The van der Waals surface area contributed by atoms with E-state index in [-0.39, 0.29) is 12.2 Å². The molecule has 8 heteroatoms. The molecule has 0 radical (unpaired) electrons. The topological polar surface area (TPSA) is 78.5 Å². The Morgan fingerprint density at radius 2 is 2.00 bits per heavy atom. The summed E-state index contributed by atoms with van der Waals surface area (Å²) in [6, 6.07) is 7.46. The van der Waals surface area contributed by atoms with Gasteiger partial charge in [0, 0.05) is 18.8 Å². The van der Waals surface area contributed by atoms with Gasteiger partial charge in [0.1, 0.15) is 0 Å². The van der Waals surface area contributed by atoms with Crippen LogP contribution < -0.4 is 14.9 Å². The molecule has 0 saturated carbocycles. The first-order chi connectivity index (χ1) is 15.3. The maximum atomic E-state index is 13.5. The molecule has 0 bridgehead atoms. The Balaban J connectivity index is 1.93. The zero-order chi connectivity index (χ0) is 23.0. The molecule has 2 aromatic heterocycles. The fourth-order valence-electron chi connectivity index (χ4n) is 3.84. The van der Waals surface area contributed by atoms with E-state index in [2.05, 4.69) is 23.9 Å². The summed E-state index contributed by atoms with van der Waals surface area (Å²) >= 11 is 1.31. The van der Waals surface area contributed by atoms with Crippen LogP contribution in [0.1, 0.15) is 56.3 Å². The lowest BCUT2D eigenvalue weighted by Crippen LogP contribution is -2.39. The van der Waals surface area contributed by atoms with Crippen molar-refractivity contribution in [2.45, 2.75) is 39.7 Å². The molecule has 0 saturated heterocycles. The van der Waals surface area contributed by atoms with Gasteiger partial charge >= 0.3 is 5.97 Å². The van der Waals surface area contributed by atoms with Gasteiger partial charge in [-0.2, -0.15) is 5.10 Å². The van der Waals surface area contributed by atoms with Crippen LogP contribution in [0.25, 0.3) is 6.08 Å². The lowest BCUT2D eigenvalue weighted by atomic mass is 9.93. The molecule has 0 unspecified atom stereocenters. The molecular weight excluding hydrogens is 424 g/mol. The Labute approximate surface area is 190 Å². The molecule has 1 aliphatic rings. The van der Waals surface area contributed by atoms with Gasteiger partial charge in [-0.05, 0) is 37.0 Å². The molecule has 3 aromatic rings. The number of hydrogen-bond acceptors (Lipinski definition) is 6. The largest absolute Gasteiger partial charge is 0.463 e. The number of aryl methyl sites for hydroxylation is 1. The first kappa shape index (κ1) is 22.0. The number of nitrogens with zero attached hydrogens (tertiary/aromatic N) is 4. The number of thiazole rings is 1. The maximum Gasteiger partial charge on any atom is 0.338 e. The van der Waals surface area contributed by atoms with Crippen molar-refractivity contribution in [3.63, 3.8) is 0 Å². The Morgan fingerprint density at radius 1 is 1.28 bits per heavy atom. The standard InChI is InChI=1S/C24H26N4O3S/c1-6-31-23(30)20-15(4)26-24-28(21(20)18-9-7-17(8-10-18)14(2)3)22(29)19(32-24)11-16-12-25-27(5)13-16/h7-14,21H,6H2,1-5H3/b19-11+/t21-/m1/s1. The highest BCUT2D eigenvalue weighted by molar-refractivity contribution is 7.07. The molecule has 1 atom stereocenters. The number of rotatable bonds is 5. The minimum atomic E-state index is -0.595. The van der Waals surface area contributed by atoms with E-state index in [1.54, 1.807) is 35.4 Å². The second-order valence-corrected chi connectivity index (χ2v) is 9.08. The third-order valence-corrected chi connectivity index (χ3v) is 6.44. The van der Waals surface area contributed by atoms with Gasteiger partial charge in [0.2, 0.25) is 0 Å². The van der Waals surface area contributed by atoms with Gasteiger partial charge in [-0.15, -0.1) is 0 Å². The highest BCUT2D eigenvalue weighted by Gasteiger charge is 2.33. The number of fused-ring (bicyclic) bond motifs is 1. The smallest absolute Gasteiger partial charge is 0.338 e. The summed E-state index contributed by atoms with van der Waals surface area (Å²) in [5.74, 6) is -0.0689. The Morgan fingerprint density at radius 3 is 2.59 bits per heavy atom. The van der Waals surface area contributed by atoms with Crippen LogP contribution >= 0.6 is 11.3 Å². The van der Waals surface area contributed by atoms with Crippen molar-refractivity contribution in [1.82, 2.24) is 14.3 Å². The van der Waals surface area contributed by atoms with Gasteiger partial charge in [0.25, 0.3) is 5.56 Å². The van der Waals surface area contributed by atoms with E-state index in [1.165, 1.54) is 16.9 Å². The summed E-state index contributed by atoms with van der Waals surface area (Å²) in [5.41, 5.74) is 3.64. The van der Waals surface area contributed by atoms with Crippen LogP contribution in [0.2, 0.25) is 0 Å². The molecule has 1 aromatic carbocycles. The fourth-order valence-corrected chi connectivity index (χ4v) is 4.88. The van der Waals surface area contributed by atoms with E-state index in [0.29, 0.717) is 26.5 Å². The Bertz CT molecular complexity index is 1370. The molecule has 166 valence electrons. The van der Waals surface area contributed by atoms with Crippen LogP contribution in [0.4, 0.5) is 0 Å². The second-order valence-electron chi connectivity index (χ2n) is 8.07. The predicted molar refractivity (Wildman–Crippen MR) is 124 cm³/mol. The van der Waals surface area contributed by atoms with Crippen LogP contribution in [-0.2, 0) is 16.6 Å². The summed E-state index contributed by atoms with van der Waals surface area (Å²) < 4.78 is 9.17. The minimum absolute atomic E-state index is 0.190. The summed E-state index contributed by atoms with van der Waals surface area (Å²) in [4.78, 5) is 31.6. The van der Waals surface area contributed by atoms with Gasteiger partial charge in [-0.1, -0.05) is 49.4 Å². The van der Waals surface area contributed by atoms with Crippen molar-refractivity contribution in [3.8, 4) is 0 Å². The van der Waals surface area contributed by atoms with Crippen molar-refractivity contribution in [2.75, 3.05) is 6.61 Å². The lowest BCUT2D eigenvalue weighted by Gasteiger charge is -2.25. The number of aromatic nitrogens is 3. The normalized spacial score (nSPS) is 16.3. The summed E-state index contributed by atoms with van der Waals surface area (Å²) in [6.45, 7) is 8.07. The molecule has 0 amide bonds. The number of benzene rings is 1. The third-order valence-electron chi connectivity index (χ3n) is 5.46. The maximum absolute atomic E-state index is 13.5. The third kappa shape index (κ3) is 3.98. The molecule has 1 aliphatic heterocycles. The van der Waals surface area contributed by atoms with Crippen molar-refractivity contribution in [2.24, 2.45) is 12.0 Å². The van der Waals surface area contributed by atoms with Crippen LogP contribution in [0, 0.1) is 0 Å². The van der Waals surface area contributed by atoms with Crippen LogP contribution in [-0.4, -0.2) is 26.9 Å². The summed E-state index contributed by atoms with van der Waals surface area (Å²) in [6.07, 6.45) is 5.35. The molecule has 32 heavy (non-hydrogen) atoms. The highest BCUT2D eigenvalue weighted by atomic mass is 32.1. The van der Waals surface area contributed by atoms with E-state index in [1.807, 2.05) is 37.5 Å². The summed E-state index contributed by atoms with van der Waals surface area (Å²) in [7, 11) is 1.83. The predicted octanol–water partition coefficient (Wildman–Crippen LogP) is 2.66. The highest BCUT2D eigenvalue weighted by Crippen LogP contribution is 2.31. The van der Waals surface area contributed by atoms with Gasteiger partial charge in [0.15, 0.2) is 4.80 Å². The zero-order valence-corrected chi connectivity index (χ0v) is 19.6. The van der Waals surface area contributed by atoms with Crippen molar-refractivity contribution >= 4 is 23.4 Å². The molecule has 0 N–H and O–H groups in total. The molecule has 4 rings (SSSR count). The van der Waals surface area contributed by atoms with E-state index < -0.39 is 12.0 Å². The van der Waals surface area contributed by atoms with Crippen LogP contribution in [0.5, 0.6) is 0 Å². The minimum Gasteiger partial charge on any atom is -0.463 e. The van der Waals surface area contributed by atoms with Crippen molar-refractivity contribution in [1.29, 1.82) is 0 Å². The van der Waals surface area contributed by atoms with E-state index >= 15 is 0 Å². The molecule has 7 nitrogen and oxygen atoms in total. The first-order valence-electron chi connectivity index (χ1n) is 10.6. The first-order valence-corrected chi connectivity index (χ1v) is 11.4. The van der Waals surface area contributed by atoms with Crippen LogP contribution in [0.15, 0.2) is 57.7 Å².